The first-order chi connectivity index (χ1) is 11.7. The number of nitrogens with zero attached hydrogens (tertiary/aromatic N) is 2. The third-order valence-electron chi connectivity index (χ3n) is 3.44. The minimum absolute atomic E-state index is 0.261. The molecule has 5 heteroatoms. The van der Waals surface area contributed by atoms with E-state index >= 15 is 0 Å². The van der Waals surface area contributed by atoms with Crippen molar-refractivity contribution < 1.29 is 5.11 Å². The van der Waals surface area contributed by atoms with E-state index in [4.69, 9.17) is 5.73 Å². The zero-order chi connectivity index (χ0) is 16.8. The van der Waals surface area contributed by atoms with E-state index in [-0.39, 0.29) is 5.75 Å². The van der Waals surface area contributed by atoms with Crippen molar-refractivity contribution in [3.8, 4) is 5.75 Å². The highest BCUT2D eigenvalue weighted by Crippen LogP contribution is 2.20. The van der Waals surface area contributed by atoms with Crippen LogP contribution in [-0.4, -0.2) is 16.5 Å². The largest absolute Gasteiger partial charge is 0.508 e. The summed E-state index contributed by atoms with van der Waals surface area (Å²) in [6.07, 6.45) is 1.67. The number of hydrogen-bond donors (Lipinski definition) is 2. The van der Waals surface area contributed by atoms with Crippen LogP contribution >= 0.6 is 11.8 Å². The van der Waals surface area contributed by atoms with Gasteiger partial charge in [0.2, 0.25) is 0 Å². The molecule has 0 atom stereocenters. The van der Waals surface area contributed by atoms with E-state index in [1.807, 2.05) is 42.5 Å². The zero-order valence-corrected chi connectivity index (χ0v) is 13.8. The molecule has 3 aromatic rings. The van der Waals surface area contributed by atoms with Crippen LogP contribution in [0.1, 0.15) is 11.1 Å². The van der Waals surface area contributed by atoms with Crippen molar-refractivity contribution in [3.63, 3.8) is 0 Å². The Morgan fingerprint density at radius 1 is 1.00 bits per heavy atom. The number of amidine groups is 1. The number of benzene rings is 3. The Hall–Kier alpha value is -2.79. The van der Waals surface area contributed by atoms with Gasteiger partial charge in [-0.2, -0.15) is 5.10 Å². The van der Waals surface area contributed by atoms with Crippen molar-refractivity contribution in [3.05, 3.63) is 77.9 Å². The van der Waals surface area contributed by atoms with E-state index in [1.165, 1.54) is 17.3 Å². The maximum Gasteiger partial charge on any atom is 0.180 e. The minimum atomic E-state index is 0.261. The normalized spacial score (nSPS) is 12.1. The van der Waals surface area contributed by atoms with Gasteiger partial charge in [0.25, 0.3) is 0 Å². The third kappa shape index (κ3) is 4.36. The number of thioether (sulfide) groups is 1. The highest BCUT2D eigenvalue weighted by Gasteiger charge is 1.97. The van der Waals surface area contributed by atoms with Crippen LogP contribution in [0.25, 0.3) is 10.8 Å². The van der Waals surface area contributed by atoms with E-state index in [2.05, 4.69) is 22.3 Å². The molecule has 0 unspecified atom stereocenters. The fraction of sp³-hybridized carbons (Fsp3) is 0.0526. The van der Waals surface area contributed by atoms with E-state index < -0.39 is 0 Å². The Kier molecular flexibility index (Phi) is 5.13. The molecule has 120 valence electrons. The first-order valence-electron chi connectivity index (χ1n) is 7.47. The third-order valence-corrected chi connectivity index (χ3v) is 4.30. The average molecular weight is 335 g/mol. The Labute approximate surface area is 144 Å². The molecule has 0 bridgehead atoms. The Balaban J connectivity index is 1.63. The van der Waals surface area contributed by atoms with Crippen LogP contribution in [0, 0.1) is 0 Å². The first kappa shape index (κ1) is 16.1. The molecule has 0 saturated carbocycles. The number of nitrogens with two attached hydrogens (primary N) is 1. The summed E-state index contributed by atoms with van der Waals surface area (Å²) >= 11 is 1.46. The second kappa shape index (κ2) is 7.66. The second-order valence-corrected chi connectivity index (χ2v) is 6.24. The maximum atomic E-state index is 9.47. The molecule has 3 aromatic carbocycles. The summed E-state index contributed by atoms with van der Waals surface area (Å²) in [4.78, 5) is 0. The lowest BCUT2D eigenvalue weighted by atomic mass is 10.1. The Morgan fingerprint density at radius 3 is 2.58 bits per heavy atom. The molecular formula is C19H17N3OS. The zero-order valence-electron chi connectivity index (χ0n) is 13.0. The molecule has 3 rings (SSSR count). The fourth-order valence-electron chi connectivity index (χ4n) is 2.24. The molecule has 0 spiro atoms. The number of rotatable bonds is 4. The lowest BCUT2D eigenvalue weighted by Gasteiger charge is -2.00. The SMILES string of the molecule is NC(=NN=Cc1ccc2cc(O)ccc2c1)SCc1ccccc1. The predicted octanol–water partition coefficient (Wildman–Crippen LogP) is 4.13. The standard InChI is InChI=1S/C19H17N3OS/c20-19(24-13-14-4-2-1-3-5-14)22-21-12-15-6-7-17-11-18(23)9-8-16(17)10-15/h1-12,23H,13H2,(H2,20,22). The quantitative estimate of drug-likeness (QED) is 0.428. The number of hydrogen-bond acceptors (Lipinski definition) is 4. The smallest absolute Gasteiger partial charge is 0.180 e. The fourth-order valence-corrected chi connectivity index (χ4v) is 2.86. The summed E-state index contributed by atoms with van der Waals surface area (Å²) in [5.74, 6) is 1.03. The first-order valence-corrected chi connectivity index (χ1v) is 8.45. The average Bonchev–Trinajstić information content (AvgIpc) is 2.61. The predicted molar refractivity (Wildman–Crippen MR) is 103 cm³/mol. The second-order valence-electron chi connectivity index (χ2n) is 5.25. The molecule has 0 radical (unpaired) electrons. The van der Waals surface area contributed by atoms with Crippen molar-refractivity contribution in [2.75, 3.05) is 0 Å². The highest BCUT2D eigenvalue weighted by molar-refractivity contribution is 8.13. The Morgan fingerprint density at radius 2 is 1.75 bits per heavy atom. The molecule has 0 aliphatic carbocycles. The van der Waals surface area contributed by atoms with Crippen LogP contribution in [0.5, 0.6) is 5.75 Å². The van der Waals surface area contributed by atoms with E-state index in [0.29, 0.717) is 5.17 Å². The number of phenolic OH excluding ortho intramolecular Hbond substituents is 1. The molecule has 0 fully saturated rings. The molecule has 4 nitrogen and oxygen atoms in total. The molecular weight excluding hydrogens is 318 g/mol. The lowest BCUT2D eigenvalue weighted by Crippen LogP contribution is -2.05. The van der Waals surface area contributed by atoms with Crippen molar-refractivity contribution in [2.24, 2.45) is 15.9 Å². The monoisotopic (exact) mass is 335 g/mol. The van der Waals surface area contributed by atoms with Crippen LogP contribution in [0.4, 0.5) is 0 Å². The summed E-state index contributed by atoms with van der Waals surface area (Å²) in [6, 6.07) is 21.2. The van der Waals surface area contributed by atoms with Crippen LogP contribution in [0.15, 0.2) is 76.9 Å². The van der Waals surface area contributed by atoms with Crippen molar-refractivity contribution >= 4 is 33.9 Å². The van der Waals surface area contributed by atoms with Gasteiger partial charge in [-0.3, -0.25) is 0 Å². The van der Waals surface area contributed by atoms with Gasteiger partial charge in [-0.15, -0.1) is 5.10 Å². The van der Waals surface area contributed by atoms with Gasteiger partial charge < -0.3 is 10.8 Å². The lowest BCUT2D eigenvalue weighted by molar-refractivity contribution is 0.476. The van der Waals surface area contributed by atoms with Crippen LogP contribution in [-0.2, 0) is 5.75 Å². The number of fused-ring (bicyclic) bond motifs is 1. The van der Waals surface area contributed by atoms with Crippen molar-refractivity contribution in [1.82, 2.24) is 0 Å². The van der Waals surface area contributed by atoms with Crippen molar-refractivity contribution in [2.45, 2.75) is 5.75 Å². The van der Waals surface area contributed by atoms with Gasteiger partial charge in [-0.1, -0.05) is 60.3 Å². The maximum absolute atomic E-state index is 9.47. The van der Waals surface area contributed by atoms with E-state index in [1.54, 1.807) is 18.3 Å². The van der Waals surface area contributed by atoms with Crippen LogP contribution < -0.4 is 5.73 Å². The van der Waals surface area contributed by atoms with Gasteiger partial charge in [-0.05, 0) is 40.1 Å². The number of aromatic hydroxyl groups is 1. The molecule has 0 amide bonds. The van der Waals surface area contributed by atoms with Crippen LogP contribution in [0.2, 0.25) is 0 Å². The molecule has 0 aromatic heterocycles. The summed E-state index contributed by atoms with van der Waals surface area (Å²) < 4.78 is 0. The molecule has 0 heterocycles. The molecule has 0 aliphatic rings. The van der Waals surface area contributed by atoms with Gasteiger partial charge >= 0.3 is 0 Å². The Bertz CT molecular complexity index is 892. The van der Waals surface area contributed by atoms with Gasteiger partial charge in [0.1, 0.15) is 5.75 Å². The van der Waals surface area contributed by atoms with Crippen molar-refractivity contribution in [1.29, 1.82) is 0 Å². The molecule has 0 saturated heterocycles. The summed E-state index contributed by atoms with van der Waals surface area (Å²) in [7, 11) is 0. The van der Waals surface area contributed by atoms with E-state index in [0.717, 1.165) is 22.1 Å². The van der Waals surface area contributed by atoms with Gasteiger partial charge in [0, 0.05) is 5.75 Å². The molecule has 3 N–H and O–H groups in total. The van der Waals surface area contributed by atoms with Gasteiger partial charge in [0.05, 0.1) is 6.21 Å². The minimum Gasteiger partial charge on any atom is -0.508 e. The van der Waals surface area contributed by atoms with E-state index in [9.17, 15) is 5.11 Å². The van der Waals surface area contributed by atoms with Gasteiger partial charge in [-0.25, -0.2) is 0 Å². The number of phenols is 1. The summed E-state index contributed by atoms with van der Waals surface area (Å²) in [5, 5.41) is 20.0. The molecule has 0 aliphatic heterocycles. The topological polar surface area (TPSA) is 71.0 Å². The molecule has 24 heavy (non-hydrogen) atoms. The van der Waals surface area contributed by atoms with Gasteiger partial charge in [0.15, 0.2) is 5.17 Å². The van der Waals surface area contributed by atoms with Crippen LogP contribution in [0.3, 0.4) is 0 Å². The highest BCUT2D eigenvalue weighted by atomic mass is 32.2. The summed E-state index contributed by atoms with van der Waals surface area (Å²) in [5.41, 5.74) is 7.99. The summed E-state index contributed by atoms with van der Waals surface area (Å²) in [6.45, 7) is 0.